The molecule has 0 aliphatic carbocycles. The normalized spacial score (nSPS) is 9.05. The van der Waals surface area contributed by atoms with Gasteiger partial charge in [-0.25, -0.2) is 4.79 Å². The molecule has 0 unspecified atom stereocenters. The van der Waals surface area contributed by atoms with E-state index in [1.165, 1.54) is 6.07 Å². The van der Waals surface area contributed by atoms with Crippen LogP contribution in [0.1, 0.15) is 10.4 Å². The summed E-state index contributed by atoms with van der Waals surface area (Å²) in [7, 11) is 0. The SMILES string of the molecule is N#CNc1cccc(OC(=O)c2ccccc2)c1NC#N. The number of hydrogen-bond acceptors (Lipinski definition) is 6. The highest BCUT2D eigenvalue weighted by Gasteiger charge is 2.14. The zero-order chi connectivity index (χ0) is 15.1. The summed E-state index contributed by atoms with van der Waals surface area (Å²) < 4.78 is 5.27. The lowest BCUT2D eigenvalue weighted by Gasteiger charge is -2.11. The average molecular weight is 278 g/mol. The summed E-state index contributed by atoms with van der Waals surface area (Å²) in [6, 6.07) is 13.2. The third-order valence-electron chi connectivity index (χ3n) is 2.61. The first kappa shape index (κ1) is 13.9. The number of esters is 1. The van der Waals surface area contributed by atoms with Crippen molar-refractivity contribution in [1.29, 1.82) is 10.5 Å². The largest absolute Gasteiger partial charge is 0.421 e. The van der Waals surface area contributed by atoms with Crippen molar-refractivity contribution in [3.8, 4) is 18.1 Å². The average Bonchev–Trinajstić information content (AvgIpc) is 2.51. The molecular weight excluding hydrogens is 268 g/mol. The van der Waals surface area contributed by atoms with Gasteiger partial charge in [-0.3, -0.25) is 10.6 Å². The Morgan fingerprint density at radius 1 is 0.952 bits per heavy atom. The number of para-hydroxylation sites is 1. The van der Waals surface area contributed by atoms with Crippen molar-refractivity contribution in [2.45, 2.75) is 0 Å². The summed E-state index contributed by atoms with van der Waals surface area (Å²) in [6.45, 7) is 0. The lowest BCUT2D eigenvalue weighted by atomic mass is 10.2. The van der Waals surface area contributed by atoms with Crippen LogP contribution in [0.15, 0.2) is 48.5 Å². The molecule has 0 heterocycles. The molecule has 6 heteroatoms. The standard InChI is InChI=1S/C15H10N4O2/c16-9-18-12-7-4-8-13(14(12)19-10-17)21-15(20)11-5-2-1-3-6-11/h1-8,18-19H. The Morgan fingerprint density at radius 3 is 2.33 bits per heavy atom. The lowest BCUT2D eigenvalue weighted by Crippen LogP contribution is -2.10. The van der Waals surface area contributed by atoms with Gasteiger partial charge in [-0.1, -0.05) is 24.3 Å². The van der Waals surface area contributed by atoms with Gasteiger partial charge in [0.2, 0.25) is 0 Å². The molecule has 2 aromatic rings. The molecule has 0 saturated heterocycles. The van der Waals surface area contributed by atoms with E-state index in [1.54, 1.807) is 54.9 Å². The number of hydrogen-bond donors (Lipinski definition) is 2. The lowest BCUT2D eigenvalue weighted by molar-refractivity contribution is 0.0736. The van der Waals surface area contributed by atoms with E-state index in [2.05, 4.69) is 10.6 Å². The topological polar surface area (TPSA) is 97.9 Å². The number of carbonyl (C=O) groups excluding carboxylic acids is 1. The first-order valence-electron chi connectivity index (χ1n) is 5.96. The third-order valence-corrected chi connectivity index (χ3v) is 2.61. The molecule has 102 valence electrons. The summed E-state index contributed by atoms with van der Waals surface area (Å²) in [4.78, 5) is 12.0. The molecule has 0 bridgehead atoms. The van der Waals surface area contributed by atoms with Gasteiger partial charge in [-0.05, 0) is 24.3 Å². The number of ether oxygens (including phenoxy) is 1. The van der Waals surface area contributed by atoms with Gasteiger partial charge in [0.25, 0.3) is 0 Å². The second-order valence-corrected chi connectivity index (χ2v) is 3.91. The zero-order valence-corrected chi connectivity index (χ0v) is 10.8. The fourth-order valence-corrected chi connectivity index (χ4v) is 1.70. The Kier molecular flexibility index (Phi) is 4.37. The maximum atomic E-state index is 12.0. The molecule has 2 aromatic carbocycles. The molecule has 2 rings (SSSR count). The molecule has 0 atom stereocenters. The molecule has 0 spiro atoms. The number of carbonyl (C=O) groups is 1. The molecule has 0 radical (unpaired) electrons. The molecule has 0 fully saturated rings. The minimum atomic E-state index is -0.550. The molecule has 21 heavy (non-hydrogen) atoms. The summed E-state index contributed by atoms with van der Waals surface area (Å²) in [5, 5.41) is 22.3. The fraction of sp³-hybridized carbons (Fsp3) is 0. The molecule has 6 nitrogen and oxygen atoms in total. The van der Waals surface area contributed by atoms with Gasteiger partial charge in [0, 0.05) is 0 Å². The highest BCUT2D eigenvalue weighted by molar-refractivity contribution is 5.92. The van der Waals surface area contributed by atoms with Crippen molar-refractivity contribution in [2.75, 3.05) is 10.6 Å². The predicted molar refractivity (Wildman–Crippen MR) is 76.3 cm³/mol. The van der Waals surface area contributed by atoms with Crippen LogP contribution >= 0.6 is 0 Å². The van der Waals surface area contributed by atoms with Gasteiger partial charge in [0.05, 0.1) is 11.3 Å². The van der Waals surface area contributed by atoms with Crippen molar-refractivity contribution in [3.63, 3.8) is 0 Å². The van der Waals surface area contributed by atoms with Gasteiger partial charge in [0.1, 0.15) is 5.69 Å². The van der Waals surface area contributed by atoms with Crippen LogP contribution < -0.4 is 15.4 Å². The second kappa shape index (κ2) is 6.60. The van der Waals surface area contributed by atoms with Gasteiger partial charge >= 0.3 is 5.97 Å². The molecule has 0 aromatic heterocycles. The Balaban J connectivity index is 2.32. The maximum Gasteiger partial charge on any atom is 0.343 e. The predicted octanol–water partition coefficient (Wildman–Crippen LogP) is 2.69. The van der Waals surface area contributed by atoms with E-state index >= 15 is 0 Å². The third kappa shape index (κ3) is 3.28. The number of rotatable bonds is 4. The highest BCUT2D eigenvalue weighted by Crippen LogP contribution is 2.32. The van der Waals surface area contributed by atoms with Crippen LogP contribution in [0.2, 0.25) is 0 Å². The van der Waals surface area contributed by atoms with E-state index in [0.717, 1.165) is 0 Å². The summed E-state index contributed by atoms with van der Waals surface area (Å²) in [5.74, 6) is -0.392. The monoisotopic (exact) mass is 278 g/mol. The van der Waals surface area contributed by atoms with Crippen LogP contribution in [0.4, 0.5) is 11.4 Å². The summed E-state index contributed by atoms with van der Waals surface area (Å²) in [6.07, 6.45) is 3.50. The van der Waals surface area contributed by atoms with Gasteiger partial charge < -0.3 is 4.74 Å². The fourth-order valence-electron chi connectivity index (χ4n) is 1.70. The van der Waals surface area contributed by atoms with E-state index in [-0.39, 0.29) is 11.4 Å². The van der Waals surface area contributed by atoms with Crippen molar-refractivity contribution >= 4 is 17.3 Å². The molecule has 0 saturated carbocycles. The van der Waals surface area contributed by atoms with Crippen LogP contribution in [-0.2, 0) is 0 Å². The van der Waals surface area contributed by atoms with Gasteiger partial charge in [0.15, 0.2) is 18.1 Å². The first-order valence-corrected chi connectivity index (χ1v) is 5.96. The quantitative estimate of drug-likeness (QED) is 0.386. The van der Waals surface area contributed by atoms with Crippen molar-refractivity contribution in [3.05, 3.63) is 54.1 Å². The van der Waals surface area contributed by atoms with Crippen molar-refractivity contribution in [2.24, 2.45) is 0 Å². The van der Waals surface area contributed by atoms with Crippen LogP contribution in [-0.4, -0.2) is 5.97 Å². The molecular formula is C15H10N4O2. The van der Waals surface area contributed by atoms with Crippen LogP contribution in [0.3, 0.4) is 0 Å². The number of nitriles is 2. The van der Waals surface area contributed by atoms with Crippen LogP contribution in [0.25, 0.3) is 0 Å². The van der Waals surface area contributed by atoms with Crippen molar-refractivity contribution in [1.82, 2.24) is 0 Å². The van der Waals surface area contributed by atoms with Gasteiger partial charge in [-0.2, -0.15) is 10.5 Å². The Morgan fingerprint density at radius 2 is 1.67 bits per heavy atom. The number of benzene rings is 2. The first-order chi connectivity index (χ1) is 10.3. The molecule has 0 aliphatic heterocycles. The zero-order valence-electron chi connectivity index (χ0n) is 10.8. The number of nitrogens with zero attached hydrogens (tertiary/aromatic N) is 2. The minimum absolute atomic E-state index is 0.158. The Hall–Kier alpha value is -3.51. The smallest absolute Gasteiger partial charge is 0.343 e. The minimum Gasteiger partial charge on any atom is -0.421 e. The summed E-state index contributed by atoms with van der Waals surface area (Å²) >= 11 is 0. The maximum absolute atomic E-state index is 12.0. The molecule has 2 N–H and O–H groups in total. The summed E-state index contributed by atoms with van der Waals surface area (Å²) in [5.41, 5.74) is 0.960. The molecule has 0 aliphatic rings. The van der Waals surface area contributed by atoms with E-state index in [0.29, 0.717) is 11.3 Å². The highest BCUT2D eigenvalue weighted by atomic mass is 16.5. The number of nitrogens with one attached hydrogen (secondary N) is 2. The van der Waals surface area contributed by atoms with E-state index in [4.69, 9.17) is 15.3 Å². The van der Waals surface area contributed by atoms with Crippen LogP contribution in [0, 0.1) is 22.9 Å². The second-order valence-electron chi connectivity index (χ2n) is 3.91. The number of anilines is 2. The van der Waals surface area contributed by atoms with E-state index in [1.807, 2.05) is 0 Å². The Bertz CT molecular complexity index is 730. The Labute approximate surface area is 121 Å². The van der Waals surface area contributed by atoms with E-state index in [9.17, 15) is 4.79 Å². The molecule has 0 amide bonds. The van der Waals surface area contributed by atoms with Crippen LogP contribution in [0.5, 0.6) is 5.75 Å². The van der Waals surface area contributed by atoms with E-state index < -0.39 is 5.97 Å². The van der Waals surface area contributed by atoms with Crippen molar-refractivity contribution < 1.29 is 9.53 Å². The van der Waals surface area contributed by atoms with Gasteiger partial charge in [-0.15, -0.1) is 0 Å².